The zero-order valence-corrected chi connectivity index (χ0v) is 11.1. The average Bonchev–Trinajstić information content (AvgIpc) is 2.36. The van der Waals surface area contributed by atoms with E-state index in [0.29, 0.717) is 11.7 Å². The number of carbonyl (C=O) groups is 1. The Morgan fingerprint density at radius 1 is 1.42 bits per heavy atom. The van der Waals surface area contributed by atoms with Crippen LogP contribution in [0.15, 0.2) is 35.4 Å². The lowest BCUT2D eigenvalue weighted by Crippen LogP contribution is -2.39. The first kappa shape index (κ1) is 14.9. The molecular formula is C13H18N4O2. The average molecular weight is 262 g/mol. The summed E-state index contributed by atoms with van der Waals surface area (Å²) in [6, 6.07) is 8.60. The normalized spacial score (nSPS) is 11.5. The van der Waals surface area contributed by atoms with Crippen molar-refractivity contribution < 1.29 is 9.53 Å². The van der Waals surface area contributed by atoms with Crippen LogP contribution in [-0.2, 0) is 0 Å². The van der Waals surface area contributed by atoms with Gasteiger partial charge in [0.05, 0.1) is 0 Å². The predicted octanol–water partition coefficient (Wildman–Crippen LogP) is 3.50. The molecule has 0 aliphatic carbocycles. The van der Waals surface area contributed by atoms with Crippen molar-refractivity contribution in [2.75, 3.05) is 6.54 Å². The van der Waals surface area contributed by atoms with Gasteiger partial charge in [0.25, 0.3) is 0 Å². The number of carbonyl (C=O) groups excluding carboxylic acids is 1. The highest BCUT2D eigenvalue weighted by atomic mass is 16.6. The molecule has 0 saturated carbocycles. The topological polar surface area (TPSA) is 87.1 Å². The third-order valence-corrected chi connectivity index (χ3v) is 2.40. The van der Waals surface area contributed by atoms with Crippen LogP contribution in [0.25, 0.3) is 10.4 Å². The Morgan fingerprint density at radius 3 is 2.68 bits per heavy atom. The molecule has 0 aliphatic heterocycles. The van der Waals surface area contributed by atoms with E-state index < -0.39 is 6.09 Å². The van der Waals surface area contributed by atoms with Gasteiger partial charge in [-0.2, -0.15) is 0 Å². The van der Waals surface area contributed by atoms with Crippen LogP contribution >= 0.6 is 0 Å². The van der Waals surface area contributed by atoms with Crippen LogP contribution in [0.1, 0.15) is 20.3 Å². The van der Waals surface area contributed by atoms with Gasteiger partial charge in [0, 0.05) is 17.5 Å². The Balaban J connectivity index is 2.52. The molecule has 1 amide bonds. The molecule has 0 heterocycles. The molecule has 1 rings (SSSR count). The minimum absolute atomic E-state index is 0.216. The van der Waals surface area contributed by atoms with E-state index in [-0.39, 0.29) is 12.6 Å². The van der Waals surface area contributed by atoms with Crippen LogP contribution in [0.4, 0.5) is 4.79 Å². The summed E-state index contributed by atoms with van der Waals surface area (Å²) in [6.07, 6.45) is 0.188. The second kappa shape index (κ2) is 8.00. The molecule has 0 radical (unpaired) electrons. The van der Waals surface area contributed by atoms with E-state index >= 15 is 0 Å². The fraction of sp³-hybridized carbons (Fsp3) is 0.462. The van der Waals surface area contributed by atoms with Crippen LogP contribution in [0, 0.1) is 5.92 Å². The predicted molar refractivity (Wildman–Crippen MR) is 72.9 cm³/mol. The second-order valence-corrected chi connectivity index (χ2v) is 4.59. The minimum Gasteiger partial charge on any atom is -0.410 e. The van der Waals surface area contributed by atoms with Crippen molar-refractivity contribution in [3.8, 4) is 5.75 Å². The molecule has 102 valence electrons. The molecule has 1 unspecified atom stereocenters. The number of azide groups is 1. The van der Waals surface area contributed by atoms with Crippen molar-refractivity contribution >= 4 is 6.09 Å². The molecule has 19 heavy (non-hydrogen) atoms. The highest BCUT2D eigenvalue weighted by molar-refractivity contribution is 5.70. The Morgan fingerprint density at radius 2 is 2.11 bits per heavy atom. The molecule has 1 aromatic carbocycles. The first-order chi connectivity index (χ1) is 9.11. The molecule has 0 aromatic heterocycles. The second-order valence-electron chi connectivity index (χ2n) is 4.59. The molecule has 1 atom stereocenters. The van der Waals surface area contributed by atoms with Gasteiger partial charge in [-0.05, 0) is 30.0 Å². The molecule has 0 fully saturated rings. The molecule has 0 bridgehead atoms. The minimum atomic E-state index is -0.537. The van der Waals surface area contributed by atoms with Gasteiger partial charge in [-0.25, -0.2) is 4.79 Å². The number of nitrogens with zero attached hydrogens (tertiary/aromatic N) is 3. The number of benzene rings is 1. The Bertz CT molecular complexity index is 441. The molecular weight excluding hydrogens is 244 g/mol. The Hall–Kier alpha value is -2.20. The zero-order valence-electron chi connectivity index (χ0n) is 11.1. The monoisotopic (exact) mass is 262 g/mol. The van der Waals surface area contributed by atoms with E-state index in [1.165, 1.54) is 0 Å². The number of amides is 1. The lowest BCUT2D eigenvalue weighted by Gasteiger charge is -2.18. The van der Waals surface area contributed by atoms with Crippen LogP contribution < -0.4 is 10.1 Å². The van der Waals surface area contributed by atoms with Gasteiger partial charge in [0.1, 0.15) is 5.75 Å². The van der Waals surface area contributed by atoms with Gasteiger partial charge in [0.15, 0.2) is 0 Å². The number of nitrogens with one attached hydrogen (secondary N) is 1. The highest BCUT2D eigenvalue weighted by Crippen LogP contribution is 2.10. The summed E-state index contributed by atoms with van der Waals surface area (Å²) in [5, 5.41) is 6.20. The van der Waals surface area contributed by atoms with E-state index in [4.69, 9.17) is 10.3 Å². The summed E-state index contributed by atoms with van der Waals surface area (Å²) in [6.45, 7) is 4.29. The van der Waals surface area contributed by atoms with Crippen molar-refractivity contribution in [1.82, 2.24) is 5.32 Å². The maximum absolute atomic E-state index is 11.7. The van der Waals surface area contributed by atoms with Crippen LogP contribution in [0.3, 0.4) is 0 Å². The molecule has 0 aliphatic rings. The van der Waals surface area contributed by atoms with E-state index in [1.807, 2.05) is 19.9 Å². The van der Waals surface area contributed by atoms with Gasteiger partial charge in [-0.3, -0.25) is 0 Å². The number of ether oxygens (including phenoxy) is 1. The summed E-state index contributed by atoms with van der Waals surface area (Å²) in [4.78, 5) is 14.4. The largest absolute Gasteiger partial charge is 0.412 e. The van der Waals surface area contributed by atoms with Crippen molar-refractivity contribution in [2.45, 2.75) is 26.3 Å². The van der Waals surface area contributed by atoms with Crippen molar-refractivity contribution in [1.29, 1.82) is 0 Å². The maximum atomic E-state index is 11.7. The molecule has 1 aromatic rings. The van der Waals surface area contributed by atoms with E-state index in [9.17, 15) is 4.79 Å². The van der Waals surface area contributed by atoms with E-state index in [1.54, 1.807) is 24.3 Å². The summed E-state index contributed by atoms with van der Waals surface area (Å²) < 4.78 is 5.12. The molecule has 6 heteroatoms. The molecule has 6 nitrogen and oxygen atoms in total. The summed E-state index contributed by atoms with van der Waals surface area (Å²) in [5.74, 6) is 0.864. The SMILES string of the molecule is CC(C)CC(CN=[N+]=[N-])NC(=O)Oc1ccccc1. The van der Waals surface area contributed by atoms with Crippen molar-refractivity contribution in [2.24, 2.45) is 11.0 Å². The van der Waals surface area contributed by atoms with Gasteiger partial charge in [-0.15, -0.1) is 0 Å². The summed E-state index contributed by atoms with van der Waals surface area (Å²) in [7, 11) is 0. The van der Waals surface area contributed by atoms with Crippen molar-refractivity contribution in [3.63, 3.8) is 0 Å². The summed E-state index contributed by atoms with van der Waals surface area (Å²) >= 11 is 0. The van der Waals surface area contributed by atoms with Gasteiger partial charge in [0.2, 0.25) is 0 Å². The standard InChI is InChI=1S/C13H18N4O2/c1-10(2)8-11(9-15-17-14)16-13(18)19-12-6-4-3-5-7-12/h3-7,10-11H,8-9H2,1-2H3,(H,16,18). The van der Waals surface area contributed by atoms with E-state index in [0.717, 1.165) is 6.42 Å². The zero-order chi connectivity index (χ0) is 14.1. The van der Waals surface area contributed by atoms with Crippen LogP contribution in [0.2, 0.25) is 0 Å². The highest BCUT2D eigenvalue weighted by Gasteiger charge is 2.14. The first-order valence-electron chi connectivity index (χ1n) is 6.16. The number of hydrogen-bond donors (Lipinski definition) is 1. The third-order valence-electron chi connectivity index (χ3n) is 2.40. The molecule has 1 N–H and O–H groups in total. The quantitative estimate of drug-likeness (QED) is 0.483. The Kier molecular flexibility index (Phi) is 6.26. The van der Waals surface area contributed by atoms with E-state index in [2.05, 4.69) is 15.3 Å². The number of hydrogen-bond acceptors (Lipinski definition) is 3. The number of para-hydroxylation sites is 1. The lowest BCUT2D eigenvalue weighted by molar-refractivity contribution is 0.194. The third kappa shape index (κ3) is 6.33. The lowest BCUT2D eigenvalue weighted by atomic mass is 10.0. The van der Waals surface area contributed by atoms with Crippen molar-refractivity contribution in [3.05, 3.63) is 40.8 Å². The van der Waals surface area contributed by atoms with Gasteiger partial charge in [-0.1, -0.05) is 37.2 Å². The fourth-order valence-electron chi connectivity index (χ4n) is 1.67. The summed E-state index contributed by atoms with van der Waals surface area (Å²) in [5.41, 5.74) is 8.33. The van der Waals surface area contributed by atoms with Gasteiger partial charge >= 0.3 is 6.09 Å². The van der Waals surface area contributed by atoms with Crippen LogP contribution in [0.5, 0.6) is 5.75 Å². The Labute approximate surface area is 112 Å². The van der Waals surface area contributed by atoms with Crippen LogP contribution in [-0.4, -0.2) is 18.7 Å². The number of rotatable bonds is 6. The maximum Gasteiger partial charge on any atom is 0.412 e. The fourth-order valence-corrected chi connectivity index (χ4v) is 1.67. The smallest absolute Gasteiger partial charge is 0.410 e. The van der Waals surface area contributed by atoms with Gasteiger partial charge < -0.3 is 10.1 Å². The first-order valence-corrected chi connectivity index (χ1v) is 6.16. The molecule has 0 spiro atoms. The molecule has 0 saturated heterocycles.